The molecular formula is C16H14N2O2. The zero-order chi connectivity index (χ0) is 14.2. The van der Waals surface area contributed by atoms with E-state index in [2.05, 4.69) is 22.1 Å². The summed E-state index contributed by atoms with van der Waals surface area (Å²) >= 11 is 0. The molecule has 0 saturated carbocycles. The molecule has 20 heavy (non-hydrogen) atoms. The van der Waals surface area contributed by atoms with E-state index in [0.29, 0.717) is 12.1 Å². The van der Waals surface area contributed by atoms with Crippen LogP contribution < -0.4 is 5.32 Å². The first kappa shape index (κ1) is 13.8. The van der Waals surface area contributed by atoms with Gasteiger partial charge in [0.05, 0.1) is 12.2 Å². The molecule has 2 aromatic rings. The molecule has 0 aliphatic carbocycles. The van der Waals surface area contributed by atoms with Crippen LogP contribution in [0.25, 0.3) is 0 Å². The Hall–Kier alpha value is -2.64. The number of nitrogens with one attached hydrogen (secondary N) is 1. The maximum Gasteiger partial charge on any atom is 0.251 e. The average molecular weight is 266 g/mol. The van der Waals surface area contributed by atoms with Gasteiger partial charge in [-0.05, 0) is 36.4 Å². The predicted octanol–water partition coefficient (Wildman–Crippen LogP) is 1.36. The molecule has 1 amide bonds. The van der Waals surface area contributed by atoms with E-state index in [4.69, 9.17) is 5.11 Å². The number of carbonyl (C=O) groups is 1. The lowest BCUT2D eigenvalue weighted by molar-refractivity contribution is 0.0950. The third-order valence-electron chi connectivity index (χ3n) is 2.62. The lowest BCUT2D eigenvalue weighted by atomic mass is 10.1. The summed E-state index contributed by atoms with van der Waals surface area (Å²) < 4.78 is 0. The van der Waals surface area contributed by atoms with Crippen molar-refractivity contribution in [1.29, 1.82) is 0 Å². The number of rotatable bonds is 3. The van der Waals surface area contributed by atoms with Crippen molar-refractivity contribution in [1.82, 2.24) is 10.3 Å². The smallest absolute Gasteiger partial charge is 0.251 e. The van der Waals surface area contributed by atoms with Gasteiger partial charge >= 0.3 is 0 Å². The molecule has 1 heterocycles. The Kier molecular flexibility index (Phi) is 4.87. The van der Waals surface area contributed by atoms with Crippen molar-refractivity contribution in [2.75, 3.05) is 6.61 Å². The fourth-order valence-electron chi connectivity index (χ4n) is 1.62. The van der Waals surface area contributed by atoms with Gasteiger partial charge in [0, 0.05) is 17.3 Å². The van der Waals surface area contributed by atoms with Crippen molar-refractivity contribution < 1.29 is 9.90 Å². The molecule has 4 nitrogen and oxygen atoms in total. The fraction of sp³-hybridized carbons (Fsp3) is 0.125. The number of aliphatic hydroxyl groups is 1. The summed E-state index contributed by atoms with van der Waals surface area (Å²) in [5, 5.41) is 11.4. The third-order valence-corrected chi connectivity index (χ3v) is 2.62. The van der Waals surface area contributed by atoms with E-state index in [1.807, 2.05) is 18.2 Å². The topological polar surface area (TPSA) is 62.2 Å². The lowest BCUT2D eigenvalue weighted by Gasteiger charge is -2.04. The molecule has 0 aliphatic rings. The van der Waals surface area contributed by atoms with Crippen LogP contribution in [0.4, 0.5) is 0 Å². The van der Waals surface area contributed by atoms with Gasteiger partial charge in [-0.1, -0.05) is 17.9 Å². The molecule has 4 heteroatoms. The summed E-state index contributed by atoms with van der Waals surface area (Å²) in [7, 11) is 0. The number of amides is 1. The summed E-state index contributed by atoms with van der Waals surface area (Å²) in [6.07, 6.45) is 1.69. The Morgan fingerprint density at radius 1 is 1.20 bits per heavy atom. The van der Waals surface area contributed by atoms with Crippen LogP contribution in [0.5, 0.6) is 0 Å². The van der Waals surface area contributed by atoms with E-state index < -0.39 is 0 Å². The summed E-state index contributed by atoms with van der Waals surface area (Å²) in [6, 6.07) is 12.5. The van der Waals surface area contributed by atoms with Crippen LogP contribution in [0.2, 0.25) is 0 Å². The Bertz CT molecular complexity index is 625. The van der Waals surface area contributed by atoms with Gasteiger partial charge in [0.25, 0.3) is 5.91 Å². The van der Waals surface area contributed by atoms with Crippen LogP contribution in [0.3, 0.4) is 0 Å². The van der Waals surface area contributed by atoms with Gasteiger partial charge in [0.1, 0.15) is 6.61 Å². The molecule has 0 aliphatic heterocycles. The summed E-state index contributed by atoms with van der Waals surface area (Å²) in [5.74, 6) is 5.18. The van der Waals surface area contributed by atoms with Crippen molar-refractivity contribution in [2.24, 2.45) is 0 Å². The van der Waals surface area contributed by atoms with E-state index in [-0.39, 0.29) is 12.5 Å². The Labute approximate surface area is 117 Å². The van der Waals surface area contributed by atoms with Gasteiger partial charge in [0.15, 0.2) is 0 Å². The van der Waals surface area contributed by atoms with Gasteiger partial charge in [-0.15, -0.1) is 0 Å². The SMILES string of the molecule is O=C(NCc1ccccn1)c1ccc(C#CCO)cc1. The molecule has 1 aromatic heterocycles. The van der Waals surface area contributed by atoms with Crippen molar-refractivity contribution in [3.63, 3.8) is 0 Å². The van der Waals surface area contributed by atoms with Crippen molar-refractivity contribution in [3.8, 4) is 11.8 Å². The summed E-state index contributed by atoms with van der Waals surface area (Å²) in [5.41, 5.74) is 2.14. The summed E-state index contributed by atoms with van der Waals surface area (Å²) in [6.45, 7) is 0.220. The normalized spacial score (nSPS) is 9.45. The fourth-order valence-corrected chi connectivity index (χ4v) is 1.62. The first-order valence-electron chi connectivity index (χ1n) is 6.17. The molecule has 0 fully saturated rings. The lowest BCUT2D eigenvalue weighted by Crippen LogP contribution is -2.23. The van der Waals surface area contributed by atoms with Crippen molar-refractivity contribution in [2.45, 2.75) is 6.54 Å². The van der Waals surface area contributed by atoms with Crippen LogP contribution in [-0.2, 0) is 6.54 Å². The molecule has 0 spiro atoms. The van der Waals surface area contributed by atoms with Gasteiger partial charge in [0.2, 0.25) is 0 Å². The highest BCUT2D eigenvalue weighted by atomic mass is 16.2. The molecule has 100 valence electrons. The number of nitrogens with zero attached hydrogens (tertiary/aromatic N) is 1. The first-order valence-corrected chi connectivity index (χ1v) is 6.17. The predicted molar refractivity (Wildman–Crippen MR) is 75.8 cm³/mol. The highest BCUT2D eigenvalue weighted by Crippen LogP contribution is 2.04. The quantitative estimate of drug-likeness (QED) is 0.824. The maximum atomic E-state index is 11.9. The number of aromatic nitrogens is 1. The Morgan fingerprint density at radius 3 is 2.65 bits per heavy atom. The minimum Gasteiger partial charge on any atom is -0.384 e. The number of pyridine rings is 1. The van der Waals surface area contributed by atoms with Crippen LogP contribution in [-0.4, -0.2) is 22.6 Å². The van der Waals surface area contributed by atoms with Crippen LogP contribution in [0, 0.1) is 11.8 Å². The van der Waals surface area contributed by atoms with Crippen LogP contribution in [0.1, 0.15) is 21.6 Å². The van der Waals surface area contributed by atoms with Gasteiger partial charge < -0.3 is 10.4 Å². The van der Waals surface area contributed by atoms with Crippen LogP contribution in [0.15, 0.2) is 48.7 Å². The minimum absolute atomic E-state index is 0.155. The standard InChI is InChI=1S/C16H14N2O2/c19-11-3-4-13-6-8-14(9-7-13)16(20)18-12-15-5-1-2-10-17-15/h1-2,5-10,19H,11-12H2,(H,18,20). The Balaban J connectivity index is 1.96. The largest absolute Gasteiger partial charge is 0.384 e. The second-order valence-corrected chi connectivity index (χ2v) is 4.04. The Morgan fingerprint density at radius 2 is 2.00 bits per heavy atom. The average Bonchev–Trinajstić information content (AvgIpc) is 2.52. The molecule has 0 radical (unpaired) electrons. The minimum atomic E-state index is -0.174. The number of carbonyl (C=O) groups excluding carboxylic acids is 1. The van der Waals surface area contributed by atoms with Gasteiger partial charge in [-0.25, -0.2) is 0 Å². The zero-order valence-corrected chi connectivity index (χ0v) is 10.8. The molecule has 1 aromatic carbocycles. The highest BCUT2D eigenvalue weighted by molar-refractivity contribution is 5.94. The van der Waals surface area contributed by atoms with Gasteiger partial charge in [-0.3, -0.25) is 9.78 Å². The van der Waals surface area contributed by atoms with E-state index in [9.17, 15) is 4.79 Å². The van der Waals surface area contributed by atoms with Crippen molar-refractivity contribution >= 4 is 5.91 Å². The van der Waals surface area contributed by atoms with Crippen LogP contribution >= 0.6 is 0 Å². The second-order valence-electron chi connectivity index (χ2n) is 4.04. The van der Waals surface area contributed by atoms with Gasteiger partial charge in [-0.2, -0.15) is 0 Å². The molecule has 0 bridgehead atoms. The highest BCUT2D eigenvalue weighted by Gasteiger charge is 2.04. The molecule has 0 unspecified atom stereocenters. The number of aliphatic hydroxyl groups excluding tert-OH is 1. The number of hydrogen-bond donors (Lipinski definition) is 2. The zero-order valence-electron chi connectivity index (χ0n) is 10.8. The molecule has 2 rings (SSSR count). The monoisotopic (exact) mass is 266 g/mol. The molecular weight excluding hydrogens is 252 g/mol. The second kappa shape index (κ2) is 7.07. The van der Waals surface area contributed by atoms with E-state index in [1.54, 1.807) is 30.5 Å². The summed E-state index contributed by atoms with van der Waals surface area (Å²) in [4.78, 5) is 16.1. The number of hydrogen-bond acceptors (Lipinski definition) is 3. The first-order chi connectivity index (χ1) is 9.79. The van der Waals surface area contributed by atoms with E-state index >= 15 is 0 Å². The maximum absolute atomic E-state index is 11.9. The third kappa shape index (κ3) is 3.94. The van der Waals surface area contributed by atoms with E-state index in [1.165, 1.54) is 0 Å². The molecule has 0 saturated heterocycles. The molecule has 0 atom stereocenters. The van der Waals surface area contributed by atoms with Crippen molar-refractivity contribution in [3.05, 3.63) is 65.5 Å². The number of benzene rings is 1. The van der Waals surface area contributed by atoms with E-state index in [0.717, 1.165) is 11.3 Å². The molecule has 2 N–H and O–H groups in total.